The Hall–Kier alpha value is -4.11. The SMILES string of the molecule is CC(C)c1nc(C(=O)N2CCOC3(CCN(Cc4cccc(CCOCCC(=O)N(CCCCCc5ccc(O)c6c5OCC(=O)N6)CCC(C)(C)C)c4F)CC3)C2)cs1. The number of thiazole rings is 1. The fraction of sp³-hybridized carbons (Fsp3) is 0.609. The van der Waals surface area contributed by atoms with Crippen molar-refractivity contribution in [3.05, 3.63) is 68.9 Å². The number of piperidine rings is 1. The van der Waals surface area contributed by atoms with Gasteiger partial charge in [0, 0.05) is 56.1 Å². The quantitative estimate of drug-likeness (QED) is 0.0983. The van der Waals surface area contributed by atoms with Crippen molar-refractivity contribution in [3.8, 4) is 11.5 Å². The summed E-state index contributed by atoms with van der Waals surface area (Å²) in [6.07, 6.45) is 6.48. The predicted octanol–water partition coefficient (Wildman–Crippen LogP) is 7.58. The average molecular weight is 850 g/mol. The van der Waals surface area contributed by atoms with Gasteiger partial charge >= 0.3 is 0 Å². The fourth-order valence-electron chi connectivity index (χ4n) is 8.08. The Morgan fingerprint density at radius 3 is 2.57 bits per heavy atom. The molecule has 2 aromatic carbocycles. The molecule has 3 aromatic rings. The van der Waals surface area contributed by atoms with Gasteiger partial charge in [-0.15, -0.1) is 11.3 Å². The third kappa shape index (κ3) is 12.3. The Kier molecular flexibility index (Phi) is 15.6. The second-order valence-electron chi connectivity index (χ2n) is 18.0. The highest BCUT2D eigenvalue weighted by molar-refractivity contribution is 7.09. The van der Waals surface area contributed by atoms with Gasteiger partial charge in [0.25, 0.3) is 11.8 Å². The number of morpholine rings is 1. The molecular formula is C46H64FN5O7S. The second-order valence-corrected chi connectivity index (χ2v) is 18.9. The highest BCUT2D eigenvalue weighted by Gasteiger charge is 2.41. The molecule has 1 aromatic heterocycles. The van der Waals surface area contributed by atoms with Crippen molar-refractivity contribution >= 4 is 34.7 Å². The van der Waals surface area contributed by atoms with E-state index in [4.69, 9.17) is 14.2 Å². The van der Waals surface area contributed by atoms with Crippen LogP contribution in [0.1, 0.15) is 118 Å². The lowest BCUT2D eigenvalue weighted by Crippen LogP contribution is -2.58. The van der Waals surface area contributed by atoms with Crippen LogP contribution in [0, 0.1) is 11.2 Å². The molecule has 2 fully saturated rings. The van der Waals surface area contributed by atoms with Gasteiger partial charge in [0.2, 0.25) is 5.91 Å². The maximum atomic E-state index is 15.8. The summed E-state index contributed by atoms with van der Waals surface area (Å²) >= 11 is 1.53. The van der Waals surface area contributed by atoms with Crippen molar-refractivity contribution in [2.45, 2.75) is 110 Å². The number of rotatable bonds is 18. The molecule has 0 radical (unpaired) electrons. The number of benzene rings is 2. The molecule has 6 rings (SSSR count). The van der Waals surface area contributed by atoms with E-state index in [1.165, 1.54) is 11.3 Å². The molecule has 3 aliphatic heterocycles. The number of carbonyl (C=O) groups excluding carboxylic acids is 3. The first kappa shape index (κ1) is 45.4. The number of ether oxygens (including phenoxy) is 3. The van der Waals surface area contributed by atoms with Crippen molar-refractivity contribution < 1.29 is 38.1 Å². The molecule has 3 aliphatic rings. The smallest absolute Gasteiger partial charge is 0.273 e. The predicted molar refractivity (Wildman–Crippen MR) is 231 cm³/mol. The Morgan fingerprint density at radius 2 is 1.82 bits per heavy atom. The topological polar surface area (TPSA) is 134 Å². The lowest BCUT2D eigenvalue weighted by Gasteiger charge is -2.47. The standard InChI is InChI=1S/C46H64FN5O7S/c1-32(2)43-48-36(30-60-43)44(56)52-24-27-59-46(31-52)18-21-50(22-19-46)28-35-12-9-11-33(40(35)47)15-25-57-26-16-39(55)51(23-17-45(3,4)5)20-8-6-7-10-34-13-14-37(53)41-42(34)58-29-38(54)49-41/h9,11-14,30,32,53H,6-8,10,15-29,31H2,1-5H3,(H,49,54). The normalized spacial score (nSPS) is 16.8. The van der Waals surface area contributed by atoms with Crippen LogP contribution in [-0.4, -0.2) is 114 Å². The second kappa shape index (κ2) is 20.6. The number of nitrogens with zero attached hydrogens (tertiary/aromatic N) is 4. The van der Waals surface area contributed by atoms with Crippen LogP contribution in [0.2, 0.25) is 0 Å². The molecule has 328 valence electrons. The summed E-state index contributed by atoms with van der Waals surface area (Å²) in [5, 5.41) is 15.7. The number of hydrogen-bond donors (Lipinski definition) is 2. The number of aromatic hydroxyl groups is 1. The zero-order valence-electron chi connectivity index (χ0n) is 36.2. The Morgan fingerprint density at radius 1 is 1.03 bits per heavy atom. The first-order valence-corrected chi connectivity index (χ1v) is 22.6. The van der Waals surface area contributed by atoms with Crippen LogP contribution in [0.25, 0.3) is 0 Å². The number of fused-ring (bicyclic) bond motifs is 1. The number of likely N-dealkylation sites (tertiary alicyclic amines) is 1. The first-order chi connectivity index (χ1) is 28.7. The van der Waals surface area contributed by atoms with E-state index < -0.39 is 5.60 Å². The summed E-state index contributed by atoms with van der Waals surface area (Å²) in [6.45, 7) is 16.2. The number of halogens is 1. The van der Waals surface area contributed by atoms with Gasteiger partial charge in [-0.05, 0) is 67.6 Å². The maximum Gasteiger partial charge on any atom is 0.273 e. The fourth-order valence-corrected chi connectivity index (χ4v) is 8.89. The van der Waals surface area contributed by atoms with E-state index in [1.807, 2.05) is 39.4 Å². The average Bonchev–Trinajstić information content (AvgIpc) is 3.72. The molecule has 0 aliphatic carbocycles. The van der Waals surface area contributed by atoms with Crippen LogP contribution in [0.4, 0.5) is 10.1 Å². The molecule has 0 unspecified atom stereocenters. The van der Waals surface area contributed by atoms with Crippen LogP contribution in [0.15, 0.2) is 35.7 Å². The van der Waals surface area contributed by atoms with E-state index in [-0.39, 0.29) is 60.3 Å². The summed E-state index contributed by atoms with van der Waals surface area (Å²) in [4.78, 5) is 49.1. The molecule has 2 N–H and O–H groups in total. The van der Waals surface area contributed by atoms with Gasteiger partial charge in [-0.3, -0.25) is 19.3 Å². The zero-order chi connectivity index (χ0) is 42.9. The number of aromatic nitrogens is 1. The van der Waals surface area contributed by atoms with Gasteiger partial charge in [-0.1, -0.05) is 65.3 Å². The lowest BCUT2D eigenvalue weighted by molar-refractivity contribution is -0.132. The van der Waals surface area contributed by atoms with Crippen LogP contribution >= 0.6 is 11.3 Å². The number of nitrogens with one attached hydrogen (secondary N) is 1. The monoisotopic (exact) mass is 849 g/mol. The van der Waals surface area contributed by atoms with Crippen molar-refractivity contribution in [2.24, 2.45) is 5.41 Å². The minimum atomic E-state index is -0.390. The number of carbonyl (C=O) groups is 3. The van der Waals surface area contributed by atoms with Crippen molar-refractivity contribution in [3.63, 3.8) is 0 Å². The van der Waals surface area contributed by atoms with Crippen LogP contribution in [-0.2, 0) is 38.4 Å². The molecule has 0 atom stereocenters. The Balaban J connectivity index is 0.911. The maximum absolute atomic E-state index is 15.8. The van der Waals surface area contributed by atoms with E-state index in [0.717, 1.165) is 68.6 Å². The number of unbranched alkanes of at least 4 members (excludes halogenated alkanes) is 2. The number of anilines is 1. The van der Waals surface area contributed by atoms with Gasteiger partial charge in [-0.2, -0.15) is 0 Å². The van der Waals surface area contributed by atoms with Crippen molar-refractivity contribution in [2.75, 3.05) is 71.0 Å². The van der Waals surface area contributed by atoms with Gasteiger partial charge < -0.3 is 34.4 Å². The molecule has 60 heavy (non-hydrogen) atoms. The number of phenolic OH excluding ortho intramolecular Hbond substituents is 1. The third-order valence-corrected chi connectivity index (χ3v) is 12.9. The minimum absolute atomic E-state index is 0.00840. The van der Waals surface area contributed by atoms with E-state index in [1.54, 1.807) is 6.07 Å². The van der Waals surface area contributed by atoms with Gasteiger partial charge in [0.1, 0.15) is 22.9 Å². The largest absolute Gasteiger partial charge is 0.506 e. The van der Waals surface area contributed by atoms with E-state index in [2.05, 4.69) is 49.8 Å². The lowest BCUT2D eigenvalue weighted by atomic mass is 9.89. The molecule has 1 spiro atoms. The van der Waals surface area contributed by atoms with E-state index in [9.17, 15) is 19.5 Å². The Labute approximate surface area is 358 Å². The molecule has 0 bridgehead atoms. The molecule has 0 saturated carbocycles. The van der Waals surface area contributed by atoms with Gasteiger partial charge in [0.05, 0.1) is 43.4 Å². The van der Waals surface area contributed by atoms with Crippen LogP contribution in [0.5, 0.6) is 11.5 Å². The molecular weight excluding hydrogens is 786 g/mol. The Bertz CT molecular complexity index is 1940. The van der Waals surface area contributed by atoms with Crippen molar-refractivity contribution in [1.29, 1.82) is 0 Å². The summed E-state index contributed by atoms with van der Waals surface area (Å²) in [5.74, 6) is 0.351. The van der Waals surface area contributed by atoms with E-state index in [0.29, 0.717) is 80.6 Å². The summed E-state index contributed by atoms with van der Waals surface area (Å²) in [6, 6.07) is 8.97. The number of amides is 3. The molecule has 2 saturated heterocycles. The number of aryl methyl sites for hydroxylation is 1. The minimum Gasteiger partial charge on any atom is -0.506 e. The van der Waals surface area contributed by atoms with Crippen molar-refractivity contribution in [1.82, 2.24) is 19.7 Å². The van der Waals surface area contributed by atoms with E-state index >= 15 is 4.39 Å². The number of hydrogen-bond acceptors (Lipinski definition) is 10. The van der Waals surface area contributed by atoms with Crippen LogP contribution in [0.3, 0.4) is 0 Å². The first-order valence-electron chi connectivity index (χ1n) is 21.7. The summed E-state index contributed by atoms with van der Waals surface area (Å²) in [7, 11) is 0. The third-order valence-electron chi connectivity index (χ3n) is 11.8. The van der Waals surface area contributed by atoms with Crippen LogP contribution < -0.4 is 10.1 Å². The zero-order valence-corrected chi connectivity index (χ0v) is 37.0. The highest BCUT2D eigenvalue weighted by atomic mass is 32.1. The summed E-state index contributed by atoms with van der Waals surface area (Å²) < 4.78 is 33.6. The summed E-state index contributed by atoms with van der Waals surface area (Å²) in [5.41, 5.74) is 2.75. The molecule has 4 heterocycles. The molecule has 14 heteroatoms. The highest BCUT2D eigenvalue weighted by Crippen LogP contribution is 2.40. The number of phenols is 1. The van der Waals surface area contributed by atoms with Gasteiger partial charge in [0.15, 0.2) is 12.4 Å². The molecule has 12 nitrogen and oxygen atoms in total. The molecule has 3 amide bonds. The van der Waals surface area contributed by atoms with Gasteiger partial charge in [-0.25, -0.2) is 9.37 Å².